The van der Waals surface area contributed by atoms with Crippen molar-refractivity contribution in [3.8, 4) is 17.2 Å². The van der Waals surface area contributed by atoms with Crippen molar-refractivity contribution in [2.24, 2.45) is 5.73 Å². The first-order valence-corrected chi connectivity index (χ1v) is 6.03. The lowest BCUT2D eigenvalue weighted by Gasteiger charge is -2.12. The third-order valence-corrected chi connectivity index (χ3v) is 2.84. The molecule has 5 nitrogen and oxygen atoms in total. The number of nitrogens with two attached hydrogens (primary N) is 2. The minimum Gasteiger partial charge on any atom is -0.493 e. The van der Waals surface area contributed by atoms with Crippen LogP contribution in [0.3, 0.4) is 0 Å². The quantitative estimate of drug-likeness (QED) is 0.837. The third kappa shape index (κ3) is 2.83. The maximum atomic E-state index is 11.3. The van der Waals surface area contributed by atoms with Crippen LogP contribution in [-0.4, -0.2) is 13.0 Å². The molecule has 0 saturated carbocycles. The summed E-state index contributed by atoms with van der Waals surface area (Å²) in [4.78, 5) is 11.3. The van der Waals surface area contributed by atoms with Crippen molar-refractivity contribution in [1.82, 2.24) is 0 Å². The summed E-state index contributed by atoms with van der Waals surface area (Å²) >= 11 is 0. The van der Waals surface area contributed by atoms with Crippen LogP contribution in [-0.2, 0) is 0 Å². The number of rotatable bonds is 4. The Morgan fingerprint density at radius 3 is 2.50 bits per heavy atom. The SMILES string of the molecule is COc1cc(C)ccc1Oc1ccc(N)c(C(N)=O)c1. The average Bonchev–Trinajstić information content (AvgIpc) is 2.42. The molecule has 104 valence electrons. The number of hydrogen-bond acceptors (Lipinski definition) is 4. The molecule has 2 rings (SSSR count). The number of methoxy groups -OCH3 is 1. The molecular weight excluding hydrogens is 256 g/mol. The molecular formula is C15H16N2O3. The standard InChI is InChI=1S/C15H16N2O3/c1-9-3-6-13(14(7-9)19-2)20-10-4-5-12(16)11(8-10)15(17)18/h3-8H,16H2,1-2H3,(H2,17,18). The van der Waals surface area contributed by atoms with Crippen LogP contribution in [0.5, 0.6) is 17.2 Å². The Hall–Kier alpha value is -2.69. The van der Waals surface area contributed by atoms with Gasteiger partial charge in [-0.15, -0.1) is 0 Å². The molecule has 0 aliphatic carbocycles. The number of anilines is 1. The van der Waals surface area contributed by atoms with Gasteiger partial charge in [0.25, 0.3) is 5.91 Å². The van der Waals surface area contributed by atoms with Crippen molar-refractivity contribution in [3.05, 3.63) is 47.5 Å². The minimum atomic E-state index is -0.594. The van der Waals surface area contributed by atoms with Crippen LogP contribution in [0.4, 0.5) is 5.69 Å². The fourth-order valence-corrected chi connectivity index (χ4v) is 1.80. The lowest BCUT2D eigenvalue weighted by Crippen LogP contribution is -2.13. The molecule has 2 aromatic rings. The van der Waals surface area contributed by atoms with Gasteiger partial charge in [0.05, 0.1) is 12.7 Å². The molecule has 0 bridgehead atoms. The van der Waals surface area contributed by atoms with E-state index in [9.17, 15) is 4.79 Å². The number of carbonyl (C=O) groups is 1. The maximum Gasteiger partial charge on any atom is 0.250 e. The van der Waals surface area contributed by atoms with Gasteiger partial charge in [-0.3, -0.25) is 4.79 Å². The monoisotopic (exact) mass is 272 g/mol. The van der Waals surface area contributed by atoms with E-state index in [1.807, 2.05) is 19.1 Å². The van der Waals surface area contributed by atoms with Gasteiger partial charge in [-0.1, -0.05) is 6.07 Å². The van der Waals surface area contributed by atoms with E-state index in [-0.39, 0.29) is 5.56 Å². The predicted octanol–water partition coefficient (Wildman–Crippen LogP) is 2.48. The summed E-state index contributed by atoms with van der Waals surface area (Å²) in [5.74, 6) is 1.04. The van der Waals surface area contributed by atoms with Gasteiger partial charge in [-0.2, -0.15) is 0 Å². The second kappa shape index (κ2) is 5.52. The number of ether oxygens (including phenoxy) is 2. The van der Waals surface area contributed by atoms with Crippen LogP contribution < -0.4 is 20.9 Å². The van der Waals surface area contributed by atoms with Crippen LogP contribution >= 0.6 is 0 Å². The molecule has 0 spiro atoms. The molecule has 0 heterocycles. The van der Waals surface area contributed by atoms with Gasteiger partial charge >= 0.3 is 0 Å². The first kappa shape index (κ1) is 13.7. The van der Waals surface area contributed by atoms with E-state index in [0.717, 1.165) is 5.56 Å². The zero-order valence-corrected chi connectivity index (χ0v) is 11.3. The van der Waals surface area contributed by atoms with Crippen molar-refractivity contribution in [3.63, 3.8) is 0 Å². The highest BCUT2D eigenvalue weighted by molar-refractivity contribution is 5.98. The summed E-state index contributed by atoms with van der Waals surface area (Å²) in [7, 11) is 1.57. The molecule has 5 heteroatoms. The van der Waals surface area contributed by atoms with Crippen molar-refractivity contribution in [1.29, 1.82) is 0 Å². The van der Waals surface area contributed by atoms with Gasteiger partial charge < -0.3 is 20.9 Å². The van der Waals surface area contributed by atoms with Gasteiger partial charge in [0.15, 0.2) is 11.5 Å². The van der Waals surface area contributed by atoms with Crippen molar-refractivity contribution in [2.45, 2.75) is 6.92 Å². The Bertz CT molecular complexity index is 654. The normalized spacial score (nSPS) is 10.1. The van der Waals surface area contributed by atoms with Gasteiger partial charge in [-0.05, 0) is 42.8 Å². The van der Waals surface area contributed by atoms with E-state index in [1.165, 1.54) is 6.07 Å². The molecule has 0 atom stereocenters. The summed E-state index contributed by atoms with van der Waals surface area (Å²) in [5.41, 5.74) is 12.5. The third-order valence-electron chi connectivity index (χ3n) is 2.84. The number of benzene rings is 2. The molecule has 0 aliphatic heterocycles. The molecule has 2 aromatic carbocycles. The lowest BCUT2D eigenvalue weighted by molar-refractivity contribution is 0.100. The maximum absolute atomic E-state index is 11.3. The van der Waals surface area contributed by atoms with Gasteiger partial charge in [-0.25, -0.2) is 0 Å². The average molecular weight is 272 g/mol. The second-order valence-electron chi connectivity index (χ2n) is 4.37. The van der Waals surface area contributed by atoms with Crippen molar-refractivity contribution in [2.75, 3.05) is 12.8 Å². The molecule has 0 fully saturated rings. The van der Waals surface area contributed by atoms with Gasteiger partial charge in [0.2, 0.25) is 0 Å². The molecule has 0 saturated heterocycles. The van der Waals surface area contributed by atoms with Crippen LogP contribution in [0, 0.1) is 6.92 Å². The highest BCUT2D eigenvalue weighted by atomic mass is 16.5. The Balaban J connectivity index is 2.35. The molecule has 1 amide bonds. The van der Waals surface area contributed by atoms with E-state index >= 15 is 0 Å². The topological polar surface area (TPSA) is 87.6 Å². The lowest BCUT2D eigenvalue weighted by atomic mass is 10.1. The smallest absolute Gasteiger partial charge is 0.250 e. The fraction of sp³-hybridized carbons (Fsp3) is 0.133. The van der Waals surface area contributed by atoms with Gasteiger partial charge in [0, 0.05) is 5.69 Å². The van der Waals surface area contributed by atoms with Crippen molar-refractivity contribution < 1.29 is 14.3 Å². The summed E-state index contributed by atoms with van der Waals surface area (Å²) in [6, 6.07) is 10.3. The largest absolute Gasteiger partial charge is 0.493 e. The number of primary amides is 1. The number of aryl methyl sites for hydroxylation is 1. The Kier molecular flexibility index (Phi) is 3.79. The van der Waals surface area contributed by atoms with Crippen LogP contribution in [0.25, 0.3) is 0 Å². The fourth-order valence-electron chi connectivity index (χ4n) is 1.80. The highest BCUT2D eigenvalue weighted by Gasteiger charge is 2.10. The Morgan fingerprint density at radius 1 is 1.10 bits per heavy atom. The van der Waals surface area contributed by atoms with E-state index in [4.69, 9.17) is 20.9 Å². The van der Waals surface area contributed by atoms with Gasteiger partial charge in [0.1, 0.15) is 5.75 Å². The highest BCUT2D eigenvalue weighted by Crippen LogP contribution is 2.33. The number of carbonyl (C=O) groups excluding carboxylic acids is 1. The summed E-state index contributed by atoms with van der Waals surface area (Å²) in [6.07, 6.45) is 0. The predicted molar refractivity (Wildman–Crippen MR) is 77.2 cm³/mol. The first-order valence-electron chi connectivity index (χ1n) is 6.03. The zero-order chi connectivity index (χ0) is 14.7. The number of nitrogen functional groups attached to an aromatic ring is 1. The zero-order valence-electron chi connectivity index (χ0n) is 11.3. The Labute approximate surface area is 117 Å². The van der Waals surface area contributed by atoms with E-state index in [0.29, 0.717) is 22.9 Å². The second-order valence-corrected chi connectivity index (χ2v) is 4.37. The molecule has 0 radical (unpaired) electrons. The molecule has 4 N–H and O–H groups in total. The number of amides is 1. The molecule has 20 heavy (non-hydrogen) atoms. The van der Waals surface area contributed by atoms with Crippen molar-refractivity contribution >= 4 is 11.6 Å². The van der Waals surface area contributed by atoms with Crippen LogP contribution in [0.1, 0.15) is 15.9 Å². The molecule has 0 unspecified atom stereocenters. The van der Waals surface area contributed by atoms with Crippen LogP contribution in [0.2, 0.25) is 0 Å². The van der Waals surface area contributed by atoms with E-state index < -0.39 is 5.91 Å². The van der Waals surface area contributed by atoms with E-state index in [1.54, 1.807) is 25.3 Å². The minimum absolute atomic E-state index is 0.230. The van der Waals surface area contributed by atoms with Crippen LogP contribution in [0.15, 0.2) is 36.4 Å². The molecule has 0 aromatic heterocycles. The summed E-state index contributed by atoms with van der Waals surface area (Å²) in [6.45, 7) is 1.96. The summed E-state index contributed by atoms with van der Waals surface area (Å²) < 4.78 is 11.0. The number of hydrogen-bond donors (Lipinski definition) is 2. The first-order chi connectivity index (χ1) is 9.51. The van der Waals surface area contributed by atoms with E-state index in [2.05, 4.69) is 0 Å². The summed E-state index contributed by atoms with van der Waals surface area (Å²) in [5, 5.41) is 0. The Morgan fingerprint density at radius 2 is 1.85 bits per heavy atom. The molecule has 0 aliphatic rings.